The molecule has 1 saturated heterocycles. The van der Waals surface area contributed by atoms with E-state index in [4.69, 9.17) is 10.5 Å². The molecular weight excluding hydrogens is 274 g/mol. The monoisotopic (exact) mass is 293 g/mol. The zero-order chi connectivity index (χ0) is 15.4. The number of nitrogens with zero attached hydrogens (tertiary/aromatic N) is 2. The van der Waals surface area contributed by atoms with Gasteiger partial charge in [-0.05, 0) is 31.4 Å². The van der Waals surface area contributed by atoms with E-state index in [0.29, 0.717) is 31.1 Å². The average Bonchev–Trinajstić information content (AvgIpc) is 2.53. The number of nitrogens with two attached hydrogens (primary N) is 1. The van der Waals surface area contributed by atoms with Crippen molar-refractivity contribution in [3.63, 3.8) is 0 Å². The minimum absolute atomic E-state index is 0.0955. The zero-order valence-corrected chi connectivity index (χ0v) is 11.9. The third-order valence-corrected chi connectivity index (χ3v) is 3.77. The Balaban J connectivity index is 2.24. The Morgan fingerprint density at radius 3 is 2.95 bits per heavy atom. The van der Waals surface area contributed by atoms with Crippen LogP contribution in [-0.2, 0) is 0 Å². The number of nitro benzene ring substituents is 1. The maximum Gasteiger partial charge on any atom is 0.273 e. The predicted molar refractivity (Wildman–Crippen MR) is 77.3 cm³/mol. The lowest BCUT2D eigenvalue weighted by molar-refractivity contribution is -0.384. The van der Waals surface area contributed by atoms with Crippen molar-refractivity contribution in [3.05, 3.63) is 33.9 Å². The van der Waals surface area contributed by atoms with Crippen molar-refractivity contribution >= 4 is 11.6 Å². The minimum Gasteiger partial charge on any atom is -0.496 e. The number of benzene rings is 1. The smallest absolute Gasteiger partial charge is 0.273 e. The molecule has 1 aliphatic rings. The highest BCUT2D eigenvalue weighted by molar-refractivity contribution is 5.97. The van der Waals surface area contributed by atoms with Gasteiger partial charge >= 0.3 is 0 Å². The number of amides is 1. The summed E-state index contributed by atoms with van der Waals surface area (Å²) in [5.41, 5.74) is 5.93. The van der Waals surface area contributed by atoms with Gasteiger partial charge in [-0.2, -0.15) is 0 Å². The molecule has 7 nitrogen and oxygen atoms in total. The Kier molecular flexibility index (Phi) is 4.74. The zero-order valence-electron chi connectivity index (χ0n) is 11.9. The highest BCUT2D eigenvalue weighted by Crippen LogP contribution is 2.27. The van der Waals surface area contributed by atoms with Gasteiger partial charge in [-0.1, -0.05) is 0 Å². The molecule has 0 radical (unpaired) electrons. The van der Waals surface area contributed by atoms with Gasteiger partial charge in [0.05, 0.1) is 23.7 Å². The third kappa shape index (κ3) is 3.30. The molecule has 2 N–H and O–H groups in total. The number of ether oxygens (including phenoxy) is 1. The molecule has 114 valence electrons. The molecule has 2 rings (SSSR count). The predicted octanol–water partition coefficient (Wildman–Crippen LogP) is 1.41. The Morgan fingerprint density at radius 2 is 2.33 bits per heavy atom. The Hall–Kier alpha value is -2.15. The highest BCUT2D eigenvalue weighted by Gasteiger charge is 2.26. The lowest BCUT2D eigenvalue weighted by atomic mass is 9.97. The molecule has 1 aromatic rings. The normalized spacial score (nSPS) is 18.4. The molecule has 1 fully saturated rings. The largest absolute Gasteiger partial charge is 0.496 e. The summed E-state index contributed by atoms with van der Waals surface area (Å²) in [6.07, 6.45) is 1.95. The Labute approximate surface area is 122 Å². The molecular formula is C14H19N3O4. The highest BCUT2D eigenvalue weighted by atomic mass is 16.6. The van der Waals surface area contributed by atoms with Crippen molar-refractivity contribution < 1.29 is 14.5 Å². The molecule has 7 heteroatoms. The molecule has 0 aromatic heterocycles. The van der Waals surface area contributed by atoms with Crippen molar-refractivity contribution in [1.29, 1.82) is 0 Å². The molecule has 1 amide bonds. The average molecular weight is 293 g/mol. The van der Waals surface area contributed by atoms with Gasteiger partial charge in [0, 0.05) is 19.2 Å². The number of piperidine rings is 1. The number of carbonyl (C=O) groups is 1. The fourth-order valence-corrected chi connectivity index (χ4v) is 2.58. The Morgan fingerprint density at radius 1 is 1.57 bits per heavy atom. The van der Waals surface area contributed by atoms with Crippen LogP contribution in [0.1, 0.15) is 23.2 Å². The van der Waals surface area contributed by atoms with Gasteiger partial charge in [0.2, 0.25) is 0 Å². The molecule has 1 aliphatic heterocycles. The number of rotatable bonds is 4. The second-order valence-corrected chi connectivity index (χ2v) is 5.14. The van der Waals surface area contributed by atoms with Crippen LogP contribution in [0.3, 0.4) is 0 Å². The maximum absolute atomic E-state index is 12.6. The number of methoxy groups -OCH3 is 1. The molecule has 0 saturated carbocycles. The molecule has 1 unspecified atom stereocenters. The van der Waals surface area contributed by atoms with Crippen molar-refractivity contribution in [2.75, 3.05) is 26.7 Å². The van der Waals surface area contributed by atoms with Gasteiger partial charge in [0.25, 0.3) is 11.6 Å². The summed E-state index contributed by atoms with van der Waals surface area (Å²) in [7, 11) is 1.40. The van der Waals surface area contributed by atoms with Gasteiger partial charge in [0.1, 0.15) is 5.75 Å². The van der Waals surface area contributed by atoms with E-state index in [0.717, 1.165) is 12.8 Å². The summed E-state index contributed by atoms with van der Waals surface area (Å²) in [5, 5.41) is 10.8. The van der Waals surface area contributed by atoms with Crippen LogP contribution in [0.2, 0.25) is 0 Å². The van der Waals surface area contributed by atoms with Crippen LogP contribution in [0.15, 0.2) is 18.2 Å². The quantitative estimate of drug-likeness (QED) is 0.668. The number of nitro groups is 1. The second-order valence-electron chi connectivity index (χ2n) is 5.14. The van der Waals surface area contributed by atoms with E-state index in [9.17, 15) is 14.9 Å². The maximum atomic E-state index is 12.6. The lowest BCUT2D eigenvalue weighted by Gasteiger charge is -2.32. The van der Waals surface area contributed by atoms with Gasteiger partial charge in [-0.15, -0.1) is 0 Å². The van der Waals surface area contributed by atoms with Crippen LogP contribution in [0.5, 0.6) is 5.75 Å². The molecule has 1 heterocycles. The summed E-state index contributed by atoms with van der Waals surface area (Å²) in [6, 6.07) is 4.04. The van der Waals surface area contributed by atoms with Crippen molar-refractivity contribution in [1.82, 2.24) is 4.90 Å². The first-order valence-corrected chi connectivity index (χ1v) is 6.88. The molecule has 0 spiro atoms. The van der Waals surface area contributed by atoms with Crippen LogP contribution in [0.4, 0.5) is 5.69 Å². The number of carbonyl (C=O) groups excluding carboxylic acids is 1. The van der Waals surface area contributed by atoms with Gasteiger partial charge in [-0.3, -0.25) is 14.9 Å². The van der Waals surface area contributed by atoms with E-state index >= 15 is 0 Å². The van der Waals surface area contributed by atoms with Crippen molar-refractivity contribution in [2.24, 2.45) is 11.7 Å². The van der Waals surface area contributed by atoms with E-state index in [1.54, 1.807) is 4.90 Å². The third-order valence-electron chi connectivity index (χ3n) is 3.77. The van der Waals surface area contributed by atoms with Crippen molar-refractivity contribution in [2.45, 2.75) is 12.8 Å². The van der Waals surface area contributed by atoms with Gasteiger partial charge in [-0.25, -0.2) is 0 Å². The lowest BCUT2D eigenvalue weighted by Crippen LogP contribution is -2.42. The minimum atomic E-state index is -0.512. The number of likely N-dealkylation sites (tertiary alicyclic amines) is 1. The van der Waals surface area contributed by atoms with E-state index in [-0.39, 0.29) is 17.3 Å². The first-order chi connectivity index (χ1) is 10.1. The number of non-ortho nitro benzene ring substituents is 1. The molecule has 1 aromatic carbocycles. The first kappa shape index (κ1) is 15.2. The van der Waals surface area contributed by atoms with Gasteiger partial charge in [0.15, 0.2) is 0 Å². The van der Waals surface area contributed by atoms with Crippen LogP contribution in [0.25, 0.3) is 0 Å². The van der Waals surface area contributed by atoms with Crippen LogP contribution in [-0.4, -0.2) is 42.5 Å². The molecule has 21 heavy (non-hydrogen) atoms. The fraction of sp³-hybridized carbons (Fsp3) is 0.500. The number of hydrogen-bond acceptors (Lipinski definition) is 5. The fourth-order valence-electron chi connectivity index (χ4n) is 2.58. The summed E-state index contributed by atoms with van der Waals surface area (Å²) in [4.78, 5) is 24.6. The SMILES string of the molecule is COc1cc([N+](=O)[O-])ccc1C(=O)N1CCCC(CN)C1. The van der Waals surface area contributed by atoms with E-state index in [1.807, 2.05) is 0 Å². The van der Waals surface area contributed by atoms with E-state index in [1.165, 1.54) is 25.3 Å². The summed E-state index contributed by atoms with van der Waals surface area (Å²) in [6.45, 7) is 1.85. The first-order valence-electron chi connectivity index (χ1n) is 6.88. The molecule has 0 bridgehead atoms. The second kappa shape index (κ2) is 6.53. The molecule has 0 aliphatic carbocycles. The van der Waals surface area contributed by atoms with Crippen LogP contribution < -0.4 is 10.5 Å². The standard InChI is InChI=1S/C14H19N3O4/c1-21-13-7-11(17(19)20)4-5-12(13)14(18)16-6-2-3-10(8-15)9-16/h4-5,7,10H,2-3,6,8-9,15H2,1H3. The number of hydrogen-bond donors (Lipinski definition) is 1. The van der Waals surface area contributed by atoms with Crippen LogP contribution in [0, 0.1) is 16.0 Å². The van der Waals surface area contributed by atoms with E-state index < -0.39 is 4.92 Å². The van der Waals surface area contributed by atoms with Crippen LogP contribution >= 0.6 is 0 Å². The van der Waals surface area contributed by atoms with E-state index in [2.05, 4.69) is 0 Å². The van der Waals surface area contributed by atoms with Crippen molar-refractivity contribution in [3.8, 4) is 5.75 Å². The van der Waals surface area contributed by atoms with Gasteiger partial charge < -0.3 is 15.4 Å². The molecule has 1 atom stereocenters. The Bertz CT molecular complexity index is 547. The summed E-state index contributed by atoms with van der Waals surface area (Å²) in [5.74, 6) is 0.371. The topological polar surface area (TPSA) is 98.7 Å². The summed E-state index contributed by atoms with van der Waals surface area (Å²) < 4.78 is 5.12. The summed E-state index contributed by atoms with van der Waals surface area (Å²) >= 11 is 0.